The van der Waals surface area contributed by atoms with Crippen LogP contribution >= 0.6 is 11.6 Å². The minimum absolute atomic E-state index is 0.408. The number of methoxy groups -OCH3 is 1. The van der Waals surface area contributed by atoms with Crippen molar-refractivity contribution in [2.45, 2.75) is 6.42 Å². The molecule has 0 spiro atoms. The first-order valence-electron chi connectivity index (χ1n) is 5.07. The predicted molar refractivity (Wildman–Crippen MR) is 64.7 cm³/mol. The molecule has 0 aliphatic carbocycles. The molecule has 1 aromatic heterocycles. The molecule has 2 aromatic rings. The highest BCUT2D eigenvalue weighted by Gasteiger charge is 2.09. The molecule has 1 heterocycles. The zero-order chi connectivity index (χ0) is 12.3. The van der Waals surface area contributed by atoms with Crippen molar-refractivity contribution in [2.24, 2.45) is 0 Å². The number of anilines is 1. The lowest BCUT2D eigenvalue weighted by Crippen LogP contribution is -1.96. The molecule has 2 N–H and O–H groups in total. The summed E-state index contributed by atoms with van der Waals surface area (Å²) in [6, 6.07) is 5.12. The van der Waals surface area contributed by atoms with Gasteiger partial charge in [-0.3, -0.25) is 0 Å². The fourth-order valence-corrected chi connectivity index (χ4v) is 1.65. The van der Waals surface area contributed by atoms with Crippen LogP contribution in [0, 0.1) is 0 Å². The van der Waals surface area contributed by atoms with Gasteiger partial charge in [0.15, 0.2) is 5.82 Å². The molecule has 0 aliphatic heterocycles. The monoisotopic (exact) mass is 253 g/mol. The van der Waals surface area contributed by atoms with Crippen LogP contribution in [0.5, 0.6) is 0 Å². The third-order valence-corrected chi connectivity index (χ3v) is 2.38. The Morgan fingerprint density at radius 3 is 2.94 bits per heavy atom. The topological polar surface area (TPSA) is 74.2 Å². The van der Waals surface area contributed by atoms with Crippen LogP contribution in [0.1, 0.15) is 5.82 Å². The second-order valence-corrected chi connectivity index (χ2v) is 3.97. The largest absolute Gasteiger partial charge is 0.399 e. The first kappa shape index (κ1) is 11.9. The maximum Gasteiger partial charge on any atom is 0.258 e. The number of nitrogens with two attached hydrogens (primary N) is 1. The molecule has 0 unspecified atom stereocenters. The van der Waals surface area contributed by atoms with Crippen molar-refractivity contribution in [1.82, 2.24) is 10.1 Å². The second kappa shape index (κ2) is 5.16. The van der Waals surface area contributed by atoms with E-state index in [4.69, 9.17) is 26.6 Å². The van der Waals surface area contributed by atoms with Gasteiger partial charge in [-0.2, -0.15) is 4.98 Å². The van der Waals surface area contributed by atoms with Crippen molar-refractivity contribution in [3.63, 3.8) is 0 Å². The number of ether oxygens (including phenoxy) is 1. The molecule has 0 saturated carbocycles. The van der Waals surface area contributed by atoms with Crippen molar-refractivity contribution in [3.8, 4) is 11.5 Å². The predicted octanol–water partition coefficient (Wildman–Crippen LogP) is 2.16. The Morgan fingerprint density at radius 2 is 2.24 bits per heavy atom. The van der Waals surface area contributed by atoms with E-state index in [1.54, 1.807) is 25.3 Å². The Morgan fingerprint density at radius 1 is 1.41 bits per heavy atom. The van der Waals surface area contributed by atoms with Crippen molar-refractivity contribution in [1.29, 1.82) is 0 Å². The van der Waals surface area contributed by atoms with Gasteiger partial charge in [0.05, 0.1) is 6.61 Å². The van der Waals surface area contributed by atoms with Crippen LogP contribution in [0.25, 0.3) is 11.5 Å². The SMILES string of the molecule is COCCc1noc(-c2cc(N)cc(Cl)c2)n1. The molecule has 0 atom stereocenters. The summed E-state index contributed by atoms with van der Waals surface area (Å²) in [5, 5.41) is 4.38. The summed E-state index contributed by atoms with van der Waals surface area (Å²) in [6.07, 6.45) is 0.607. The van der Waals surface area contributed by atoms with Crippen molar-refractivity contribution in [2.75, 3.05) is 19.5 Å². The van der Waals surface area contributed by atoms with Crippen molar-refractivity contribution in [3.05, 3.63) is 29.0 Å². The fourth-order valence-electron chi connectivity index (χ4n) is 1.40. The van der Waals surface area contributed by atoms with Gasteiger partial charge in [-0.05, 0) is 18.2 Å². The average molecular weight is 254 g/mol. The maximum atomic E-state index is 5.90. The number of nitrogens with zero attached hydrogens (tertiary/aromatic N) is 2. The Balaban J connectivity index is 2.24. The minimum Gasteiger partial charge on any atom is -0.399 e. The highest BCUT2D eigenvalue weighted by atomic mass is 35.5. The van der Waals surface area contributed by atoms with Crippen LogP contribution in [0.2, 0.25) is 5.02 Å². The molecule has 0 aliphatic rings. The van der Waals surface area contributed by atoms with E-state index in [9.17, 15) is 0 Å². The third kappa shape index (κ3) is 2.95. The quantitative estimate of drug-likeness (QED) is 0.845. The number of benzene rings is 1. The second-order valence-electron chi connectivity index (χ2n) is 3.53. The van der Waals surface area contributed by atoms with Crippen LogP contribution in [0.15, 0.2) is 22.7 Å². The Bertz CT molecular complexity index is 493. The van der Waals surface area contributed by atoms with Gasteiger partial charge in [-0.1, -0.05) is 16.8 Å². The first-order chi connectivity index (χ1) is 8.19. The molecular weight excluding hydrogens is 242 g/mol. The lowest BCUT2D eigenvalue weighted by Gasteiger charge is -1.98. The van der Waals surface area contributed by atoms with Crippen LogP contribution in [0.4, 0.5) is 5.69 Å². The van der Waals surface area contributed by atoms with E-state index in [0.717, 1.165) is 0 Å². The zero-order valence-corrected chi connectivity index (χ0v) is 10.1. The highest BCUT2D eigenvalue weighted by Crippen LogP contribution is 2.24. The number of hydrogen-bond donors (Lipinski definition) is 1. The van der Waals surface area contributed by atoms with Gasteiger partial charge in [0.1, 0.15) is 0 Å². The fraction of sp³-hybridized carbons (Fsp3) is 0.273. The van der Waals surface area contributed by atoms with E-state index in [1.807, 2.05) is 0 Å². The molecule has 2 rings (SSSR count). The van der Waals surface area contributed by atoms with Gasteiger partial charge in [0, 0.05) is 29.8 Å². The zero-order valence-electron chi connectivity index (χ0n) is 9.31. The van der Waals surface area contributed by atoms with E-state index < -0.39 is 0 Å². The molecular formula is C11H12ClN3O2. The first-order valence-corrected chi connectivity index (χ1v) is 5.45. The Kier molecular flexibility index (Phi) is 3.61. The number of aromatic nitrogens is 2. The normalized spacial score (nSPS) is 10.7. The number of nitrogen functional groups attached to an aromatic ring is 1. The van der Waals surface area contributed by atoms with Crippen LogP contribution in [0.3, 0.4) is 0 Å². The molecule has 17 heavy (non-hydrogen) atoms. The molecule has 90 valence electrons. The summed E-state index contributed by atoms with van der Waals surface area (Å²) < 4.78 is 10.1. The molecule has 0 saturated heterocycles. The summed E-state index contributed by atoms with van der Waals surface area (Å²) in [6.45, 7) is 0.552. The molecule has 0 bridgehead atoms. The van der Waals surface area contributed by atoms with Gasteiger partial charge < -0.3 is 15.0 Å². The Labute approximate surface area is 104 Å². The van der Waals surface area contributed by atoms with Gasteiger partial charge >= 0.3 is 0 Å². The minimum atomic E-state index is 0.408. The summed E-state index contributed by atoms with van der Waals surface area (Å²) >= 11 is 5.90. The molecule has 1 aromatic carbocycles. The molecule has 0 radical (unpaired) electrons. The van der Waals surface area contributed by atoms with Gasteiger partial charge in [-0.25, -0.2) is 0 Å². The van der Waals surface area contributed by atoms with Crippen LogP contribution in [-0.4, -0.2) is 23.9 Å². The van der Waals surface area contributed by atoms with Crippen LogP contribution < -0.4 is 5.73 Å². The number of halogens is 1. The van der Waals surface area contributed by atoms with E-state index in [1.165, 1.54) is 0 Å². The van der Waals surface area contributed by atoms with Crippen molar-refractivity contribution < 1.29 is 9.26 Å². The number of rotatable bonds is 4. The van der Waals surface area contributed by atoms with Crippen LogP contribution in [-0.2, 0) is 11.2 Å². The van der Waals surface area contributed by atoms with E-state index in [2.05, 4.69) is 10.1 Å². The molecule has 0 fully saturated rings. The van der Waals surface area contributed by atoms with E-state index >= 15 is 0 Å². The summed E-state index contributed by atoms with van der Waals surface area (Å²) in [4.78, 5) is 4.23. The lowest BCUT2D eigenvalue weighted by molar-refractivity contribution is 0.199. The highest BCUT2D eigenvalue weighted by molar-refractivity contribution is 6.31. The molecule has 5 nitrogen and oxygen atoms in total. The Hall–Kier alpha value is -1.59. The lowest BCUT2D eigenvalue weighted by atomic mass is 10.2. The maximum absolute atomic E-state index is 5.90. The summed E-state index contributed by atoms with van der Waals surface area (Å²) in [5.74, 6) is 1.01. The van der Waals surface area contributed by atoms with Crippen molar-refractivity contribution >= 4 is 17.3 Å². The van der Waals surface area contributed by atoms with Gasteiger partial charge in [0.2, 0.25) is 0 Å². The molecule has 0 amide bonds. The molecule has 6 heteroatoms. The van der Waals surface area contributed by atoms with Gasteiger partial charge in [-0.15, -0.1) is 0 Å². The standard InChI is InChI=1S/C11H12ClN3O2/c1-16-3-2-10-14-11(17-15-10)7-4-8(12)6-9(13)5-7/h4-6H,2-3,13H2,1H3. The van der Waals surface area contributed by atoms with E-state index in [-0.39, 0.29) is 0 Å². The average Bonchev–Trinajstić information content (AvgIpc) is 2.73. The summed E-state index contributed by atoms with van der Waals surface area (Å²) in [5.41, 5.74) is 6.96. The summed E-state index contributed by atoms with van der Waals surface area (Å²) in [7, 11) is 1.62. The third-order valence-electron chi connectivity index (χ3n) is 2.16. The van der Waals surface area contributed by atoms with E-state index in [0.29, 0.717) is 41.0 Å². The smallest absolute Gasteiger partial charge is 0.258 e. The van der Waals surface area contributed by atoms with Gasteiger partial charge in [0.25, 0.3) is 5.89 Å². The number of hydrogen-bond acceptors (Lipinski definition) is 5.